The molecule has 1 aliphatic heterocycles. The van der Waals surface area contributed by atoms with E-state index >= 15 is 0 Å². The van der Waals surface area contributed by atoms with Crippen LogP contribution in [0.25, 0.3) is 6.08 Å². The number of hydrogen-bond acceptors (Lipinski definition) is 4. The first kappa shape index (κ1) is 17.3. The Morgan fingerprint density at radius 1 is 1.20 bits per heavy atom. The third-order valence-corrected chi connectivity index (χ3v) is 4.08. The normalized spacial score (nSPS) is 14.3. The van der Waals surface area contributed by atoms with E-state index in [1.807, 2.05) is 18.2 Å². The summed E-state index contributed by atoms with van der Waals surface area (Å²) in [7, 11) is 0. The van der Waals surface area contributed by atoms with E-state index < -0.39 is 6.10 Å². The Morgan fingerprint density at radius 2 is 1.96 bits per heavy atom. The van der Waals surface area contributed by atoms with Gasteiger partial charge in [0.05, 0.1) is 6.10 Å². The van der Waals surface area contributed by atoms with Crippen molar-refractivity contribution < 1.29 is 19.4 Å². The molecule has 6 heteroatoms. The van der Waals surface area contributed by atoms with Gasteiger partial charge in [0.25, 0.3) is 0 Å². The van der Waals surface area contributed by atoms with Gasteiger partial charge >= 0.3 is 0 Å². The van der Waals surface area contributed by atoms with E-state index in [2.05, 4.69) is 5.32 Å². The lowest BCUT2D eigenvalue weighted by molar-refractivity contribution is -0.116. The van der Waals surface area contributed by atoms with Crippen molar-refractivity contribution in [1.29, 1.82) is 0 Å². The van der Waals surface area contributed by atoms with Gasteiger partial charge in [-0.2, -0.15) is 0 Å². The van der Waals surface area contributed by atoms with Crippen molar-refractivity contribution in [3.63, 3.8) is 0 Å². The van der Waals surface area contributed by atoms with Crippen LogP contribution in [0.5, 0.6) is 11.5 Å². The van der Waals surface area contributed by atoms with Gasteiger partial charge in [-0.05, 0) is 35.4 Å². The van der Waals surface area contributed by atoms with Gasteiger partial charge in [-0.15, -0.1) is 0 Å². The number of aliphatic hydroxyl groups is 1. The Labute approximate surface area is 150 Å². The number of rotatable bonds is 5. The number of carbonyl (C=O) groups is 1. The Bertz CT molecular complexity index is 791. The summed E-state index contributed by atoms with van der Waals surface area (Å²) in [5.41, 5.74) is 1.41. The van der Waals surface area contributed by atoms with Crippen LogP contribution in [-0.2, 0) is 4.79 Å². The van der Waals surface area contributed by atoms with Crippen LogP contribution in [0.1, 0.15) is 17.2 Å². The molecule has 0 saturated carbocycles. The van der Waals surface area contributed by atoms with Crippen LogP contribution >= 0.6 is 11.6 Å². The average Bonchev–Trinajstić information content (AvgIpc) is 2.65. The molecule has 3 rings (SSSR count). The largest absolute Gasteiger partial charge is 0.486 e. The molecule has 5 nitrogen and oxygen atoms in total. The maximum Gasteiger partial charge on any atom is 0.244 e. The molecule has 0 fully saturated rings. The number of hydrogen-bond donors (Lipinski definition) is 2. The summed E-state index contributed by atoms with van der Waals surface area (Å²) >= 11 is 6.03. The number of carbonyl (C=O) groups excluding carboxylic acids is 1. The number of ether oxygens (including phenoxy) is 2. The zero-order valence-electron chi connectivity index (χ0n) is 13.4. The first-order chi connectivity index (χ1) is 12.1. The van der Waals surface area contributed by atoms with E-state index in [1.165, 1.54) is 6.08 Å². The molecule has 2 N–H and O–H groups in total. The van der Waals surface area contributed by atoms with Crippen LogP contribution in [0.4, 0.5) is 0 Å². The fourth-order valence-electron chi connectivity index (χ4n) is 2.42. The zero-order chi connectivity index (χ0) is 17.6. The number of benzene rings is 2. The molecule has 0 aromatic heterocycles. The van der Waals surface area contributed by atoms with Crippen LogP contribution in [0, 0.1) is 0 Å². The summed E-state index contributed by atoms with van der Waals surface area (Å²) in [6, 6.07) is 12.5. The smallest absolute Gasteiger partial charge is 0.244 e. The Morgan fingerprint density at radius 3 is 2.76 bits per heavy atom. The summed E-state index contributed by atoms with van der Waals surface area (Å²) in [6.07, 6.45) is 2.18. The lowest BCUT2D eigenvalue weighted by Gasteiger charge is -2.20. The first-order valence-electron chi connectivity index (χ1n) is 7.91. The van der Waals surface area contributed by atoms with E-state index in [9.17, 15) is 9.90 Å². The zero-order valence-corrected chi connectivity index (χ0v) is 14.2. The van der Waals surface area contributed by atoms with Crippen LogP contribution in [0.15, 0.2) is 48.5 Å². The monoisotopic (exact) mass is 359 g/mol. The van der Waals surface area contributed by atoms with Crippen molar-refractivity contribution in [2.45, 2.75) is 6.10 Å². The molecular weight excluding hydrogens is 342 g/mol. The van der Waals surface area contributed by atoms with Gasteiger partial charge in [0.1, 0.15) is 13.2 Å². The quantitative estimate of drug-likeness (QED) is 0.805. The van der Waals surface area contributed by atoms with Crippen molar-refractivity contribution in [3.05, 3.63) is 64.7 Å². The highest BCUT2D eigenvalue weighted by molar-refractivity contribution is 6.32. The van der Waals surface area contributed by atoms with Gasteiger partial charge in [0.15, 0.2) is 11.5 Å². The van der Waals surface area contributed by atoms with Gasteiger partial charge < -0.3 is 19.9 Å². The lowest BCUT2D eigenvalue weighted by Crippen LogP contribution is -2.26. The number of amides is 1. The molecule has 0 radical (unpaired) electrons. The standard InChI is InChI=1S/C19H18ClNO4/c20-15-4-2-1-3-13(15)6-8-19(23)21-12-16(22)14-5-7-17-18(11-14)25-10-9-24-17/h1-8,11,16,22H,9-10,12H2,(H,21,23)/b8-6+/t16-/m1/s1. The molecule has 25 heavy (non-hydrogen) atoms. The molecule has 1 atom stereocenters. The van der Waals surface area contributed by atoms with Crippen molar-refractivity contribution in [1.82, 2.24) is 5.32 Å². The number of fused-ring (bicyclic) bond motifs is 1. The molecule has 2 aromatic rings. The highest BCUT2D eigenvalue weighted by Crippen LogP contribution is 2.32. The number of nitrogens with one attached hydrogen (secondary N) is 1. The molecule has 0 unspecified atom stereocenters. The van der Waals surface area contributed by atoms with E-state index in [0.717, 1.165) is 5.56 Å². The predicted octanol–water partition coefficient (Wildman–Crippen LogP) is 2.97. The van der Waals surface area contributed by atoms with E-state index in [1.54, 1.807) is 30.3 Å². The molecular formula is C19H18ClNO4. The maximum absolute atomic E-state index is 11.9. The predicted molar refractivity (Wildman–Crippen MR) is 95.9 cm³/mol. The van der Waals surface area contributed by atoms with Gasteiger partial charge in [-0.25, -0.2) is 0 Å². The maximum atomic E-state index is 11.9. The van der Waals surface area contributed by atoms with Crippen molar-refractivity contribution in [3.8, 4) is 11.5 Å². The van der Waals surface area contributed by atoms with Crippen LogP contribution in [0.2, 0.25) is 5.02 Å². The molecule has 1 aliphatic rings. The fourth-order valence-corrected chi connectivity index (χ4v) is 2.62. The van der Waals surface area contributed by atoms with E-state index in [-0.39, 0.29) is 12.5 Å². The second-order valence-electron chi connectivity index (χ2n) is 5.52. The Hall–Kier alpha value is -2.50. The highest BCUT2D eigenvalue weighted by atomic mass is 35.5. The summed E-state index contributed by atoms with van der Waals surface area (Å²) in [5, 5.41) is 13.5. The molecule has 1 amide bonds. The Kier molecular flexibility index (Phi) is 5.58. The third kappa shape index (κ3) is 4.53. The molecule has 2 aromatic carbocycles. The van der Waals surface area contributed by atoms with Crippen molar-refractivity contribution in [2.24, 2.45) is 0 Å². The van der Waals surface area contributed by atoms with Gasteiger partial charge in [-0.3, -0.25) is 4.79 Å². The van der Waals surface area contributed by atoms with Gasteiger partial charge in [0, 0.05) is 17.6 Å². The summed E-state index contributed by atoms with van der Waals surface area (Å²) in [5.74, 6) is 0.957. The third-order valence-electron chi connectivity index (χ3n) is 3.74. The van der Waals surface area contributed by atoms with Crippen LogP contribution in [-0.4, -0.2) is 30.8 Å². The summed E-state index contributed by atoms with van der Waals surface area (Å²) in [4.78, 5) is 11.9. The minimum Gasteiger partial charge on any atom is -0.486 e. The van der Waals surface area contributed by atoms with Crippen LogP contribution in [0.3, 0.4) is 0 Å². The lowest BCUT2D eigenvalue weighted by atomic mass is 10.1. The van der Waals surface area contributed by atoms with E-state index in [4.69, 9.17) is 21.1 Å². The molecule has 0 bridgehead atoms. The van der Waals surface area contributed by atoms with Gasteiger partial charge in [0.2, 0.25) is 5.91 Å². The first-order valence-corrected chi connectivity index (χ1v) is 8.29. The van der Waals surface area contributed by atoms with E-state index in [0.29, 0.717) is 35.3 Å². The SMILES string of the molecule is O=C(/C=C/c1ccccc1Cl)NC[C@@H](O)c1ccc2c(c1)OCCO2. The van der Waals surface area contributed by atoms with Crippen molar-refractivity contribution >= 4 is 23.6 Å². The number of halogens is 1. The molecule has 130 valence electrons. The highest BCUT2D eigenvalue weighted by Gasteiger charge is 2.15. The molecule has 0 spiro atoms. The van der Waals surface area contributed by atoms with Gasteiger partial charge in [-0.1, -0.05) is 35.9 Å². The van der Waals surface area contributed by atoms with Crippen molar-refractivity contribution in [2.75, 3.05) is 19.8 Å². The average molecular weight is 360 g/mol. The number of aliphatic hydroxyl groups excluding tert-OH is 1. The second-order valence-corrected chi connectivity index (χ2v) is 5.93. The molecule has 0 saturated heterocycles. The topological polar surface area (TPSA) is 67.8 Å². The summed E-state index contributed by atoms with van der Waals surface area (Å²) in [6.45, 7) is 1.09. The minimum atomic E-state index is -0.839. The Balaban J connectivity index is 1.56. The van der Waals surface area contributed by atoms with Crippen LogP contribution < -0.4 is 14.8 Å². The molecule has 0 aliphatic carbocycles. The fraction of sp³-hybridized carbons (Fsp3) is 0.211. The minimum absolute atomic E-state index is 0.0886. The second kappa shape index (κ2) is 8.05. The summed E-state index contributed by atoms with van der Waals surface area (Å²) < 4.78 is 10.9. The molecule has 1 heterocycles.